The first-order valence-corrected chi connectivity index (χ1v) is 8.66. The van der Waals surface area contributed by atoms with Crippen molar-refractivity contribution in [2.24, 2.45) is 0 Å². The maximum Gasteiger partial charge on any atom is 0.319 e. The minimum atomic E-state index is -0.275. The lowest BCUT2D eigenvalue weighted by Crippen LogP contribution is -2.30. The third-order valence-electron chi connectivity index (χ3n) is 3.57. The number of amides is 3. The third-order valence-corrected chi connectivity index (χ3v) is 4.60. The van der Waals surface area contributed by atoms with Crippen molar-refractivity contribution in [3.8, 4) is 0 Å². The second-order valence-electron chi connectivity index (χ2n) is 5.42. The average Bonchev–Trinajstić information content (AvgIpc) is 2.98. The van der Waals surface area contributed by atoms with E-state index < -0.39 is 0 Å². The summed E-state index contributed by atoms with van der Waals surface area (Å²) in [4.78, 5) is 28.2. The van der Waals surface area contributed by atoms with Gasteiger partial charge in [0.05, 0.1) is 5.01 Å². The molecule has 0 aliphatic heterocycles. The van der Waals surface area contributed by atoms with Crippen molar-refractivity contribution in [1.29, 1.82) is 0 Å². The largest absolute Gasteiger partial charge is 0.355 e. The summed E-state index contributed by atoms with van der Waals surface area (Å²) in [6, 6.07) is 4.98. The van der Waals surface area contributed by atoms with Crippen LogP contribution in [-0.4, -0.2) is 30.5 Å². The molecular formula is C17H22N4O2S. The predicted molar refractivity (Wildman–Crippen MR) is 96.8 cm³/mol. The Bertz CT molecular complexity index is 727. The molecule has 6 nitrogen and oxygen atoms in total. The van der Waals surface area contributed by atoms with Gasteiger partial charge in [0.25, 0.3) is 5.91 Å². The number of nitrogens with one attached hydrogen (secondary N) is 3. The smallest absolute Gasteiger partial charge is 0.319 e. The summed E-state index contributed by atoms with van der Waals surface area (Å²) in [5.41, 5.74) is 2.95. The molecule has 0 atom stereocenters. The SMILES string of the molecule is CNC(=O)c1cccc(NC(=O)NCCCc2nc(C)cs2)c1C. The molecule has 0 bridgehead atoms. The van der Waals surface area contributed by atoms with Crippen LogP contribution in [0.3, 0.4) is 0 Å². The zero-order chi connectivity index (χ0) is 17.5. The predicted octanol–water partition coefficient (Wildman–Crippen LogP) is 2.87. The van der Waals surface area contributed by atoms with Gasteiger partial charge in [-0.05, 0) is 38.0 Å². The van der Waals surface area contributed by atoms with E-state index in [2.05, 4.69) is 20.9 Å². The highest BCUT2D eigenvalue weighted by Crippen LogP contribution is 2.18. The molecule has 3 amide bonds. The fourth-order valence-electron chi connectivity index (χ4n) is 2.28. The van der Waals surface area contributed by atoms with Gasteiger partial charge >= 0.3 is 6.03 Å². The quantitative estimate of drug-likeness (QED) is 0.703. The van der Waals surface area contributed by atoms with Crippen LogP contribution in [-0.2, 0) is 6.42 Å². The van der Waals surface area contributed by atoms with Crippen molar-refractivity contribution < 1.29 is 9.59 Å². The van der Waals surface area contributed by atoms with E-state index in [1.165, 1.54) is 0 Å². The van der Waals surface area contributed by atoms with Gasteiger partial charge in [-0.25, -0.2) is 9.78 Å². The molecule has 0 aliphatic rings. The number of anilines is 1. The Kier molecular flexibility index (Phi) is 6.31. The first kappa shape index (κ1) is 17.9. The number of rotatable bonds is 6. The van der Waals surface area contributed by atoms with Crippen molar-refractivity contribution in [1.82, 2.24) is 15.6 Å². The standard InChI is InChI=1S/C17H22N4O2S/c1-11-10-24-15(20-11)8-5-9-19-17(23)21-14-7-4-6-13(12(14)2)16(22)18-3/h4,6-7,10H,5,8-9H2,1-3H3,(H,18,22)(H2,19,21,23). The Morgan fingerprint density at radius 1 is 1.25 bits per heavy atom. The van der Waals surface area contributed by atoms with Crippen LogP contribution in [0.25, 0.3) is 0 Å². The monoisotopic (exact) mass is 346 g/mol. The molecule has 0 spiro atoms. The van der Waals surface area contributed by atoms with Crippen molar-refractivity contribution in [2.75, 3.05) is 18.9 Å². The van der Waals surface area contributed by atoms with Gasteiger partial charge < -0.3 is 16.0 Å². The van der Waals surface area contributed by atoms with Gasteiger partial charge in [-0.2, -0.15) is 0 Å². The Balaban J connectivity index is 1.83. The summed E-state index contributed by atoms with van der Waals surface area (Å²) in [7, 11) is 1.58. The van der Waals surface area contributed by atoms with Crippen LogP contribution < -0.4 is 16.0 Å². The summed E-state index contributed by atoms with van der Waals surface area (Å²) in [5, 5.41) is 11.3. The van der Waals surface area contributed by atoms with E-state index in [1.807, 2.05) is 19.2 Å². The van der Waals surface area contributed by atoms with E-state index >= 15 is 0 Å². The maximum absolute atomic E-state index is 12.0. The Hall–Kier alpha value is -2.41. The minimum absolute atomic E-state index is 0.171. The van der Waals surface area contributed by atoms with Crippen LogP contribution in [0.5, 0.6) is 0 Å². The lowest BCUT2D eigenvalue weighted by Gasteiger charge is -2.12. The van der Waals surface area contributed by atoms with E-state index in [1.54, 1.807) is 36.6 Å². The third kappa shape index (κ3) is 4.79. The molecule has 7 heteroatoms. The zero-order valence-electron chi connectivity index (χ0n) is 14.1. The van der Waals surface area contributed by atoms with E-state index in [0.29, 0.717) is 17.8 Å². The molecule has 0 saturated carbocycles. The fourth-order valence-corrected chi connectivity index (χ4v) is 3.10. The Morgan fingerprint density at radius 3 is 2.71 bits per heavy atom. The number of aryl methyl sites for hydroxylation is 2. The molecular weight excluding hydrogens is 324 g/mol. The first-order chi connectivity index (χ1) is 11.5. The lowest BCUT2D eigenvalue weighted by atomic mass is 10.1. The highest BCUT2D eigenvalue weighted by molar-refractivity contribution is 7.09. The number of thiazole rings is 1. The highest BCUT2D eigenvalue weighted by Gasteiger charge is 2.11. The van der Waals surface area contributed by atoms with Gasteiger partial charge in [0.15, 0.2) is 0 Å². The molecule has 2 aromatic rings. The summed E-state index contributed by atoms with van der Waals surface area (Å²) >= 11 is 1.64. The average molecular weight is 346 g/mol. The fraction of sp³-hybridized carbons (Fsp3) is 0.353. The summed E-state index contributed by atoms with van der Waals surface area (Å²) in [5.74, 6) is -0.171. The number of urea groups is 1. The van der Waals surface area contributed by atoms with Crippen LogP contribution >= 0.6 is 11.3 Å². The Morgan fingerprint density at radius 2 is 2.04 bits per heavy atom. The van der Waals surface area contributed by atoms with E-state index in [4.69, 9.17) is 0 Å². The summed E-state index contributed by atoms with van der Waals surface area (Å²) < 4.78 is 0. The molecule has 0 fully saturated rings. The number of hydrogen-bond donors (Lipinski definition) is 3. The first-order valence-electron chi connectivity index (χ1n) is 7.79. The maximum atomic E-state index is 12.0. The summed E-state index contributed by atoms with van der Waals surface area (Å²) in [6.45, 7) is 4.35. The number of benzene rings is 1. The van der Waals surface area contributed by atoms with Crippen LogP contribution in [0.15, 0.2) is 23.6 Å². The number of carbonyl (C=O) groups is 2. The van der Waals surface area contributed by atoms with Crippen molar-refractivity contribution in [3.05, 3.63) is 45.4 Å². The topological polar surface area (TPSA) is 83.1 Å². The number of nitrogens with zero attached hydrogens (tertiary/aromatic N) is 1. The van der Waals surface area contributed by atoms with Crippen molar-refractivity contribution in [3.63, 3.8) is 0 Å². The van der Waals surface area contributed by atoms with Crippen LogP contribution in [0.4, 0.5) is 10.5 Å². The van der Waals surface area contributed by atoms with Gasteiger partial charge in [0, 0.05) is 42.3 Å². The molecule has 0 radical (unpaired) electrons. The molecule has 24 heavy (non-hydrogen) atoms. The van der Waals surface area contributed by atoms with Crippen LogP contribution in [0.1, 0.15) is 33.0 Å². The van der Waals surface area contributed by atoms with Crippen LogP contribution in [0, 0.1) is 13.8 Å². The molecule has 1 aromatic heterocycles. The van der Waals surface area contributed by atoms with Gasteiger partial charge in [-0.3, -0.25) is 4.79 Å². The molecule has 0 saturated heterocycles. The summed E-state index contributed by atoms with van der Waals surface area (Å²) in [6.07, 6.45) is 1.68. The second-order valence-corrected chi connectivity index (χ2v) is 6.37. The number of aromatic nitrogens is 1. The van der Waals surface area contributed by atoms with Gasteiger partial charge in [0.1, 0.15) is 0 Å². The minimum Gasteiger partial charge on any atom is -0.355 e. The second kappa shape index (κ2) is 8.44. The number of hydrogen-bond acceptors (Lipinski definition) is 4. The molecule has 1 heterocycles. The molecule has 3 N–H and O–H groups in total. The van der Waals surface area contributed by atoms with E-state index in [9.17, 15) is 9.59 Å². The van der Waals surface area contributed by atoms with Crippen molar-refractivity contribution >= 4 is 29.0 Å². The van der Waals surface area contributed by atoms with Crippen molar-refractivity contribution in [2.45, 2.75) is 26.7 Å². The van der Waals surface area contributed by atoms with Gasteiger partial charge in [-0.15, -0.1) is 11.3 Å². The molecule has 2 rings (SSSR count). The molecule has 128 valence electrons. The number of carbonyl (C=O) groups excluding carboxylic acids is 2. The van der Waals surface area contributed by atoms with Crippen LogP contribution in [0.2, 0.25) is 0 Å². The highest BCUT2D eigenvalue weighted by atomic mass is 32.1. The zero-order valence-corrected chi connectivity index (χ0v) is 14.9. The lowest BCUT2D eigenvalue weighted by molar-refractivity contribution is 0.0962. The normalized spacial score (nSPS) is 10.3. The van der Waals surface area contributed by atoms with E-state index in [-0.39, 0.29) is 11.9 Å². The molecule has 0 unspecified atom stereocenters. The van der Waals surface area contributed by atoms with Gasteiger partial charge in [-0.1, -0.05) is 6.07 Å². The molecule has 0 aliphatic carbocycles. The molecule has 1 aromatic carbocycles. The Labute approximate surface area is 145 Å². The van der Waals surface area contributed by atoms with E-state index in [0.717, 1.165) is 29.1 Å². The van der Waals surface area contributed by atoms with Gasteiger partial charge in [0.2, 0.25) is 0 Å².